The smallest absolute Gasteiger partial charge is 0.230 e. The minimum Gasteiger partial charge on any atom is -0.492 e. The fraction of sp³-hybridized carbons (Fsp3) is 0.238. The highest BCUT2D eigenvalue weighted by atomic mass is 32.1. The van der Waals surface area contributed by atoms with E-state index in [0.29, 0.717) is 4.96 Å². The average molecular weight is 427 g/mol. The maximum absolute atomic E-state index is 13.5. The summed E-state index contributed by atoms with van der Waals surface area (Å²) < 4.78 is 28.2. The van der Waals surface area contributed by atoms with Crippen LogP contribution in [0.15, 0.2) is 54.9 Å². The van der Waals surface area contributed by atoms with Crippen molar-refractivity contribution >= 4 is 22.0 Å². The molecule has 1 saturated heterocycles. The molecule has 30 heavy (non-hydrogen) atoms. The summed E-state index contributed by atoms with van der Waals surface area (Å²) in [5, 5.41) is 14.9. The number of piperazine rings is 1. The van der Waals surface area contributed by atoms with Crippen LogP contribution in [-0.2, 0) is 0 Å². The van der Waals surface area contributed by atoms with E-state index < -0.39 is 0 Å². The first kappa shape index (κ1) is 19.0. The van der Waals surface area contributed by atoms with Gasteiger partial charge >= 0.3 is 0 Å². The Balaban J connectivity index is 1.45. The Bertz CT molecular complexity index is 1150. The summed E-state index contributed by atoms with van der Waals surface area (Å²) in [7, 11) is 0. The summed E-state index contributed by atoms with van der Waals surface area (Å²) in [4.78, 5) is 10.00. The number of hydrogen-bond acceptors (Lipinski definition) is 6. The number of halogens is 2. The monoisotopic (exact) mass is 427 g/mol. The lowest BCUT2D eigenvalue weighted by Crippen LogP contribution is -2.47. The van der Waals surface area contributed by atoms with Crippen LogP contribution < -0.4 is 4.90 Å². The predicted octanol–water partition coefficient (Wildman–Crippen LogP) is 3.69. The molecule has 1 fully saturated rings. The molecular weight excluding hydrogens is 408 g/mol. The zero-order chi connectivity index (χ0) is 20.7. The van der Waals surface area contributed by atoms with Gasteiger partial charge in [0, 0.05) is 31.9 Å². The first-order valence-electron chi connectivity index (χ1n) is 9.61. The van der Waals surface area contributed by atoms with E-state index in [1.165, 1.54) is 46.4 Å². The second kappa shape index (κ2) is 7.66. The van der Waals surface area contributed by atoms with Gasteiger partial charge in [-0.1, -0.05) is 23.5 Å². The lowest BCUT2D eigenvalue weighted by atomic mass is 10.0. The lowest BCUT2D eigenvalue weighted by Gasteiger charge is -2.40. The van der Waals surface area contributed by atoms with Crippen molar-refractivity contribution in [3.05, 3.63) is 76.9 Å². The van der Waals surface area contributed by atoms with Crippen LogP contribution in [0.25, 0.3) is 4.96 Å². The first-order chi connectivity index (χ1) is 14.6. The molecule has 4 aromatic rings. The topological polar surface area (TPSA) is 56.9 Å². The van der Waals surface area contributed by atoms with Crippen molar-refractivity contribution in [1.29, 1.82) is 0 Å². The van der Waals surface area contributed by atoms with Gasteiger partial charge in [-0.25, -0.2) is 13.8 Å². The van der Waals surface area contributed by atoms with Gasteiger partial charge in [0.1, 0.15) is 18.0 Å². The van der Waals surface area contributed by atoms with E-state index in [9.17, 15) is 13.9 Å². The number of benzene rings is 2. The van der Waals surface area contributed by atoms with E-state index in [2.05, 4.69) is 19.9 Å². The van der Waals surface area contributed by atoms with Crippen molar-refractivity contribution in [1.82, 2.24) is 19.5 Å². The third kappa shape index (κ3) is 3.40. The van der Waals surface area contributed by atoms with Gasteiger partial charge < -0.3 is 10.0 Å². The number of thiazole rings is 1. The molecule has 0 bridgehead atoms. The van der Waals surface area contributed by atoms with Crippen LogP contribution >= 0.6 is 11.3 Å². The van der Waals surface area contributed by atoms with Crippen LogP contribution in [0.5, 0.6) is 5.88 Å². The number of nitrogens with zero attached hydrogens (tertiary/aromatic N) is 5. The Kier molecular flexibility index (Phi) is 4.84. The molecule has 0 spiro atoms. The second-order valence-electron chi connectivity index (χ2n) is 7.20. The highest BCUT2D eigenvalue weighted by Gasteiger charge is 2.31. The Morgan fingerprint density at radius 3 is 2.17 bits per heavy atom. The maximum Gasteiger partial charge on any atom is 0.230 e. The Hall–Kier alpha value is -3.04. The Morgan fingerprint density at radius 2 is 1.53 bits per heavy atom. The van der Waals surface area contributed by atoms with Crippen molar-refractivity contribution in [2.24, 2.45) is 0 Å². The molecule has 0 aliphatic carbocycles. The molecule has 0 amide bonds. The summed E-state index contributed by atoms with van der Waals surface area (Å²) in [6.07, 6.45) is 1.41. The summed E-state index contributed by atoms with van der Waals surface area (Å²) in [5.74, 6) is -0.492. The van der Waals surface area contributed by atoms with Gasteiger partial charge in [0.15, 0.2) is 0 Å². The molecule has 0 radical (unpaired) electrons. The van der Waals surface area contributed by atoms with Crippen LogP contribution in [0.4, 0.5) is 14.5 Å². The van der Waals surface area contributed by atoms with Crippen LogP contribution in [0.1, 0.15) is 16.5 Å². The number of aromatic nitrogens is 3. The molecule has 1 unspecified atom stereocenters. The molecule has 5 rings (SSSR count). The molecule has 3 heterocycles. The van der Waals surface area contributed by atoms with E-state index in [0.717, 1.165) is 42.3 Å². The molecule has 1 atom stereocenters. The molecular formula is C21H19F2N5OS. The van der Waals surface area contributed by atoms with Gasteiger partial charge in [-0.3, -0.25) is 4.90 Å². The van der Waals surface area contributed by atoms with E-state index in [1.807, 2.05) is 0 Å². The van der Waals surface area contributed by atoms with Gasteiger partial charge in [0.05, 0.1) is 10.9 Å². The van der Waals surface area contributed by atoms with Gasteiger partial charge in [0.25, 0.3) is 0 Å². The SMILES string of the molecule is Oc1c(C(c2ccc(F)cc2)N2CCN(c3ccc(F)cc3)CC2)sc2ncnn12. The van der Waals surface area contributed by atoms with E-state index in [4.69, 9.17) is 0 Å². The number of anilines is 1. The molecule has 6 nitrogen and oxygen atoms in total. The molecule has 9 heteroatoms. The highest BCUT2D eigenvalue weighted by Crippen LogP contribution is 2.40. The Morgan fingerprint density at radius 1 is 0.900 bits per heavy atom. The minimum atomic E-state index is -0.300. The van der Waals surface area contributed by atoms with E-state index in [1.54, 1.807) is 24.3 Å². The fourth-order valence-electron chi connectivity index (χ4n) is 3.94. The van der Waals surface area contributed by atoms with Gasteiger partial charge in [0.2, 0.25) is 10.8 Å². The number of fused-ring (bicyclic) bond motifs is 1. The van der Waals surface area contributed by atoms with E-state index >= 15 is 0 Å². The zero-order valence-electron chi connectivity index (χ0n) is 15.9. The third-order valence-electron chi connectivity index (χ3n) is 5.44. The highest BCUT2D eigenvalue weighted by molar-refractivity contribution is 7.17. The van der Waals surface area contributed by atoms with Gasteiger partial charge in [-0.2, -0.15) is 9.61 Å². The van der Waals surface area contributed by atoms with Crippen molar-refractivity contribution in [2.75, 3.05) is 31.1 Å². The van der Waals surface area contributed by atoms with Crippen LogP contribution in [0.2, 0.25) is 0 Å². The van der Waals surface area contributed by atoms with E-state index in [-0.39, 0.29) is 23.6 Å². The van der Waals surface area contributed by atoms with Crippen LogP contribution in [-0.4, -0.2) is 50.8 Å². The number of aromatic hydroxyl groups is 1. The summed E-state index contributed by atoms with van der Waals surface area (Å²) in [6.45, 7) is 2.97. The molecule has 154 valence electrons. The molecule has 1 aliphatic rings. The summed E-state index contributed by atoms with van der Waals surface area (Å²) in [6, 6.07) is 12.6. The molecule has 1 N–H and O–H groups in total. The lowest BCUT2D eigenvalue weighted by molar-refractivity contribution is 0.211. The molecule has 2 aromatic heterocycles. The summed E-state index contributed by atoms with van der Waals surface area (Å²) >= 11 is 1.38. The zero-order valence-corrected chi connectivity index (χ0v) is 16.8. The third-order valence-corrected chi connectivity index (χ3v) is 6.53. The van der Waals surface area contributed by atoms with Gasteiger partial charge in [-0.05, 0) is 42.0 Å². The average Bonchev–Trinajstić information content (AvgIpc) is 3.34. The maximum atomic E-state index is 13.5. The van der Waals surface area contributed by atoms with Crippen molar-refractivity contribution in [3.8, 4) is 5.88 Å². The molecule has 1 aliphatic heterocycles. The predicted molar refractivity (Wildman–Crippen MR) is 111 cm³/mol. The fourth-order valence-corrected chi connectivity index (χ4v) is 5.03. The normalized spacial score (nSPS) is 16.3. The molecule has 0 saturated carbocycles. The Labute approximate surface area is 175 Å². The summed E-state index contributed by atoms with van der Waals surface area (Å²) in [5.41, 5.74) is 1.88. The van der Waals surface area contributed by atoms with Crippen LogP contribution in [0, 0.1) is 11.6 Å². The second-order valence-corrected chi connectivity index (χ2v) is 8.21. The molecule has 2 aromatic carbocycles. The quantitative estimate of drug-likeness (QED) is 0.538. The van der Waals surface area contributed by atoms with Crippen LogP contribution in [0.3, 0.4) is 0 Å². The van der Waals surface area contributed by atoms with Crippen molar-refractivity contribution in [3.63, 3.8) is 0 Å². The van der Waals surface area contributed by atoms with Crippen molar-refractivity contribution < 1.29 is 13.9 Å². The standard InChI is InChI=1S/C21H19F2N5OS/c22-15-3-1-14(2-4-15)18(19-20(29)28-21(30-19)24-13-25-28)27-11-9-26(10-12-27)17-7-5-16(23)6-8-17/h1-8,13,18,29H,9-12H2. The largest absolute Gasteiger partial charge is 0.492 e. The van der Waals surface area contributed by atoms with Gasteiger partial charge in [-0.15, -0.1) is 0 Å². The number of rotatable bonds is 4. The number of hydrogen-bond donors (Lipinski definition) is 1. The first-order valence-corrected chi connectivity index (χ1v) is 10.4. The van der Waals surface area contributed by atoms with Crippen molar-refractivity contribution in [2.45, 2.75) is 6.04 Å². The minimum absolute atomic E-state index is 0.0581.